The molecule has 2 unspecified atom stereocenters. The summed E-state index contributed by atoms with van der Waals surface area (Å²) in [5, 5.41) is 13.2. The summed E-state index contributed by atoms with van der Waals surface area (Å²) in [6, 6.07) is 9.88. The number of nitro benzene ring substituents is 1. The van der Waals surface area contributed by atoms with Crippen molar-refractivity contribution in [1.29, 1.82) is 0 Å². The number of hydrogen-bond donors (Lipinski definition) is 1. The molecule has 2 aliphatic rings. The standard InChI is InChI=1S/C27H23N5O9S/c1-14(2)21(27(36)40-13-16-8-10-17(11-9-16)32(37)38)31-25(35)22(26(31)42(39)29-20-12-15(3)41-28-20)30-23(33)18-6-4-5-7-19(18)24(30)34/h4-12,21-22,26H,1,13H2,2-3H3,(H,28,29)/t21?,22-,26-,42?/m1/s1. The third kappa shape index (κ3) is 4.99. The molecule has 3 aromatic rings. The van der Waals surface area contributed by atoms with Gasteiger partial charge in [-0.1, -0.05) is 23.9 Å². The SMILES string of the molecule is C=C(C)C(C(=O)OCc1ccc([N+](=O)[O-])cc1)N1C(=O)[C@@H](N2C(=O)c3ccccc3C2=O)[C@H]1[S+]([O-])Nc1cc(C)on1. The van der Waals surface area contributed by atoms with Gasteiger partial charge in [0.25, 0.3) is 23.4 Å². The predicted molar refractivity (Wildman–Crippen MR) is 146 cm³/mol. The Balaban J connectivity index is 1.42. The molecule has 0 aliphatic carbocycles. The van der Waals surface area contributed by atoms with Crippen LogP contribution in [0.15, 0.2) is 71.3 Å². The number of fused-ring (bicyclic) bond motifs is 1. The Bertz CT molecular complexity index is 1590. The normalized spacial score (nSPS) is 19.2. The fourth-order valence-corrected chi connectivity index (χ4v) is 6.07. The molecule has 1 fully saturated rings. The zero-order valence-electron chi connectivity index (χ0n) is 22.2. The van der Waals surface area contributed by atoms with Crippen molar-refractivity contribution in [2.24, 2.45) is 0 Å². The van der Waals surface area contributed by atoms with Gasteiger partial charge in [-0.25, -0.2) is 4.79 Å². The summed E-state index contributed by atoms with van der Waals surface area (Å²) in [6.07, 6.45) is 0. The number of benzene rings is 2. The smallest absolute Gasteiger partial charge is 0.333 e. The van der Waals surface area contributed by atoms with Crippen molar-refractivity contribution in [1.82, 2.24) is 15.0 Å². The van der Waals surface area contributed by atoms with Crippen LogP contribution in [0.3, 0.4) is 0 Å². The van der Waals surface area contributed by atoms with Gasteiger partial charge in [-0.3, -0.25) is 34.3 Å². The van der Waals surface area contributed by atoms with Crippen LogP contribution in [-0.4, -0.2) is 65.6 Å². The molecule has 5 rings (SSSR count). The minimum absolute atomic E-state index is 0.0684. The number of aromatic nitrogens is 1. The highest BCUT2D eigenvalue weighted by Gasteiger charge is 2.65. The number of rotatable bonds is 10. The maximum absolute atomic E-state index is 13.7. The second-order valence-electron chi connectivity index (χ2n) is 9.61. The van der Waals surface area contributed by atoms with Gasteiger partial charge in [0.1, 0.15) is 12.4 Å². The van der Waals surface area contributed by atoms with Crippen LogP contribution >= 0.6 is 0 Å². The number of esters is 1. The van der Waals surface area contributed by atoms with Crippen LogP contribution in [0.5, 0.6) is 0 Å². The molecule has 42 heavy (non-hydrogen) atoms. The van der Waals surface area contributed by atoms with Crippen molar-refractivity contribution in [2.75, 3.05) is 4.72 Å². The van der Waals surface area contributed by atoms with Crippen LogP contribution < -0.4 is 4.72 Å². The predicted octanol–water partition coefficient (Wildman–Crippen LogP) is 2.49. The van der Waals surface area contributed by atoms with Gasteiger partial charge in [-0.05, 0) is 49.2 Å². The van der Waals surface area contributed by atoms with Crippen LogP contribution in [0.2, 0.25) is 0 Å². The Hall–Kier alpha value is -5.02. The third-order valence-corrected chi connectivity index (χ3v) is 8.04. The first-order valence-corrected chi connectivity index (χ1v) is 13.7. The first-order valence-electron chi connectivity index (χ1n) is 12.4. The Kier molecular flexibility index (Phi) is 7.53. The van der Waals surface area contributed by atoms with Crippen LogP contribution in [0.1, 0.15) is 39.0 Å². The van der Waals surface area contributed by atoms with Crippen LogP contribution in [0, 0.1) is 17.0 Å². The van der Waals surface area contributed by atoms with E-state index < -0.39 is 57.4 Å². The number of non-ortho nitro benzene ring substituents is 1. The quantitative estimate of drug-likeness (QED) is 0.0692. The Labute approximate surface area is 241 Å². The number of nitro groups is 1. The zero-order chi connectivity index (χ0) is 30.3. The van der Waals surface area contributed by atoms with Gasteiger partial charge in [-0.2, -0.15) is 4.72 Å². The number of hydrogen-bond acceptors (Lipinski definition) is 11. The molecule has 0 radical (unpaired) electrons. The van der Waals surface area contributed by atoms with Crippen molar-refractivity contribution in [3.05, 3.63) is 99.3 Å². The molecular formula is C27H23N5O9S. The van der Waals surface area contributed by atoms with E-state index in [4.69, 9.17) is 9.26 Å². The monoisotopic (exact) mass is 593 g/mol. The average Bonchev–Trinajstić information content (AvgIpc) is 3.48. The molecule has 3 heterocycles. The summed E-state index contributed by atoms with van der Waals surface area (Å²) in [6.45, 7) is 6.60. The number of carbonyl (C=O) groups is 4. The Morgan fingerprint density at radius 3 is 2.31 bits per heavy atom. The summed E-state index contributed by atoms with van der Waals surface area (Å²) in [5.41, 5.74) is 0.652. The number of β-lactam (4-membered cyclic amide) rings is 1. The number of carbonyl (C=O) groups excluding carboxylic acids is 4. The van der Waals surface area contributed by atoms with Crippen molar-refractivity contribution in [3.8, 4) is 0 Å². The average molecular weight is 594 g/mol. The van der Waals surface area contributed by atoms with Crippen molar-refractivity contribution in [3.63, 3.8) is 0 Å². The number of likely N-dealkylation sites (tertiary alicyclic amines) is 1. The van der Waals surface area contributed by atoms with Crippen molar-refractivity contribution >= 4 is 46.6 Å². The lowest BCUT2D eigenvalue weighted by Gasteiger charge is -2.49. The summed E-state index contributed by atoms with van der Waals surface area (Å²) >= 11 is -2.21. The molecule has 15 heteroatoms. The van der Waals surface area contributed by atoms with Crippen molar-refractivity contribution < 1.29 is 37.9 Å². The van der Waals surface area contributed by atoms with E-state index in [0.29, 0.717) is 11.3 Å². The van der Waals surface area contributed by atoms with E-state index in [9.17, 15) is 33.8 Å². The molecule has 3 amide bonds. The number of imide groups is 1. The lowest BCUT2D eigenvalue weighted by atomic mass is 9.98. The van der Waals surface area contributed by atoms with E-state index in [1.54, 1.807) is 19.1 Å². The topological polar surface area (TPSA) is 188 Å². The molecule has 1 N–H and O–H groups in total. The van der Waals surface area contributed by atoms with E-state index >= 15 is 0 Å². The summed E-state index contributed by atoms with van der Waals surface area (Å²) < 4.78 is 26.7. The highest BCUT2D eigenvalue weighted by molar-refractivity contribution is 7.93. The molecular weight excluding hydrogens is 570 g/mol. The van der Waals surface area contributed by atoms with Crippen LogP contribution in [-0.2, 0) is 32.3 Å². The molecule has 1 aromatic heterocycles. The van der Waals surface area contributed by atoms with E-state index in [0.717, 1.165) is 9.80 Å². The largest absolute Gasteiger partial charge is 0.591 e. The van der Waals surface area contributed by atoms with Crippen LogP contribution in [0.25, 0.3) is 0 Å². The molecule has 0 bridgehead atoms. The van der Waals surface area contributed by atoms with E-state index in [1.165, 1.54) is 49.4 Å². The number of anilines is 1. The molecule has 0 saturated carbocycles. The van der Waals surface area contributed by atoms with Crippen molar-refractivity contribution in [2.45, 2.75) is 37.9 Å². The van der Waals surface area contributed by atoms with Gasteiger partial charge < -0.3 is 13.8 Å². The van der Waals surface area contributed by atoms with Gasteiger partial charge in [0.2, 0.25) is 11.2 Å². The first-order chi connectivity index (χ1) is 20.0. The fourth-order valence-electron chi connectivity index (χ4n) is 4.74. The summed E-state index contributed by atoms with van der Waals surface area (Å²) in [5.74, 6) is -2.74. The summed E-state index contributed by atoms with van der Waals surface area (Å²) in [4.78, 5) is 65.5. The number of nitrogens with zero attached hydrogens (tertiary/aromatic N) is 4. The molecule has 4 atom stereocenters. The first kappa shape index (κ1) is 28.5. The molecule has 0 spiro atoms. The molecule has 2 aromatic carbocycles. The second-order valence-corrected chi connectivity index (χ2v) is 10.9. The molecule has 1 saturated heterocycles. The maximum Gasteiger partial charge on any atom is 0.333 e. The number of amides is 3. The lowest BCUT2D eigenvalue weighted by molar-refractivity contribution is -0.384. The lowest BCUT2D eigenvalue weighted by Crippen LogP contribution is -2.77. The molecule has 14 nitrogen and oxygen atoms in total. The second kappa shape index (κ2) is 11.1. The van der Waals surface area contributed by atoms with Gasteiger partial charge in [-0.15, -0.1) is 0 Å². The Morgan fingerprint density at radius 2 is 1.79 bits per heavy atom. The maximum atomic E-state index is 13.7. The fraction of sp³-hybridized carbons (Fsp3) is 0.222. The summed E-state index contributed by atoms with van der Waals surface area (Å²) in [7, 11) is 0. The molecule has 2 aliphatic heterocycles. The van der Waals surface area contributed by atoms with Gasteiger partial charge in [0.15, 0.2) is 12.1 Å². The van der Waals surface area contributed by atoms with E-state index in [1.807, 2.05) is 0 Å². The minimum atomic E-state index is -2.21. The minimum Gasteiger partial charge on any atom is -0.591 e. The third-order valence-electron chi connectivity index (χ3n) is 6.70. The van der Waals surface area contributed by atoms with Gasteiger partial charge in [0.05, 0.1) is 27.4 Å². The number of nitrogens with one attached hydrogen (secondary N) is 1. The highest BCUT2D eigenvalue weighted by atomic mass is 32.2. The van der Waals surface area contributed by atoms with Gasteiger partial charge >= 0.3 is 5.97 Å². The Morgan fingerprint density at radius 1 is 1.17 bits per heavy atom. The van der Waals surface area contributed by atoms with Gasteiger partial charge in [0, 0.05) is 18.2 Å². The number of ether oxygens (including phenoxy) is 1. The van der Waals surface area contributed by atoms with E-state index in [-0.39, 0.29) is 34.8 Å². The number of aryl methyl sites for hydroxylation is 1. The molecule has 216 valence electrons. The van der Waals surface area contributed by atoms with Crippen LogP contribution in [0.4, 0.5) is 11.5 Å². The zero-order valence-corrected chi connectivity index (χ0v) is 23.0. The van der Waals surface area contributed by atoms with E-state index in [2.05, 4.69) is 16.5 Å². The highest BCUT2D eigenvalue weighted by Crippen LogP contribution is 2.38.